The van der Waals surface area contributed by atoms with E-state index in [-0.39, 0.29) is 54.3 Å². The van der Waals surface area contributed by atoms with E-state index < -0.39 is 23.6 Å². The van der Waals surface area contributed by atoms with E-state index in [1.54, 1.807) is 28.9 Å². The van der Waals surface area contributed by atoms with Crippen molar-refractivity contribution in [2.45, 2.75) is 44.2 Å². The van der Waals surface area contributed by atoms with Crippen LogP contribution in [0.3, 0.4) is 0 Å². The maximum Gasteiger partial charge on any atom is 0.281 e. The fraction of sp³-hybridized carbons (Fsp3) is 0.282. The molecule has 16 heteroatoms. The van der Waals surface area contributed by atoms with E-state index in [9.17, 15) is 28.4 Å². The van der Waals surface area contributed by atoms with Crippen molar-refractivity contribution in [2.24, 2.45) is 0 Å². The van der Waals surface area contributed by atoms with Gasteiger partial charge >= 0.3 is 0 Å². The van der Waals surface area contributed by atoms with E-state index >= 15 is 0 Å². The van der Waals surface area contributed by atoms with Gasteiger partial charge in [-0.25, -0.2) is 18.9 Å². The van der Waals surface area contributed by atoms with Gasteiger partial charge < -0.3 is 20.4 Å². The van der Waals surface area contributed by atoms with Crippen LogP contribution in [0.5, 0.6) is 0 Å². The molecule has 3 fully saturated rings. The summed E-state index contributed by atoms with van der Waals surface area (Å²) in [7, 11) is 0. The molecule has 0 spiro atoms. The predicted octanol–water partition coefficient (Wildman–Crippen LogP) is 3.74. The van der Waals surface area contributed by atoms with Gasteiger partial charge in [-0.05, 0) is 79.4 Å². The van der Waals surface area contributed by atoms with Crippen LogP contribution in [0, 0.1) is 5.82 Å². The number of piperidine rings is 1. The third kappa shape index (κ3) is 6.18. The average molecular weight is 743 g/mol. The summed E-state index contributed by atoms with van der Waals surface area (Å²) in [6, 6.07) is 20.7. The highest BCUT2D eigenvalue weighted by atomic mass is 19.1. The molecule has 5 amide bonds. The Balaban J connectivity index is 0.816. The van der Waals surface area contributed by atoms with Gasteiger partial charge in [-0.2, -0.15) is 10.0 Å². The highest BCUT2D eigenvalue weighted by Crippen LogP contribution is 2.36. The van der Waals surface area contributed by atoms with Crippen LogP contribution in [-0.2, 0) is 14.4 Å². The van der Waals surface area contributed by atoms with Gasteiger partial charge in [0.05, 0.1) is 41.6 Å². The summed E-state index contributed by atoms with van der Waals surface area (Å²) >= 11 is 0. The number of nitrogens with zero attached hydrogens (tertiary/aromatic N) is 8. The number of nitrogens with one attached hydrogen (secondary N) is 2. The molecule has 4 aliphatic rings. The largest absolute Gasteiger partial charge is 0.376 e. The Labute approximate surface area is 313 Å². The molecule has 15 nitrogen and oxygen atoms in total. The highest BCUT2D eigenvalue weighted by Gasteiger charge is 2.45. The van der Waals surface area contributed by atoms with Gasteiger partial charge in [0.2, 0.25) is 17.7 Å². The van der Waals surface area contributed by atoms with E-state index in [1.165, 1.54) is 18.2 Å². The summed E-state index contributed by atoms with van der Waals surface area (Å²) in [5, 5.41) is 12.2. The number of hydrogen-bond acceptors (Lipinski definition) is 11. The van der Waals surface area contributed by atoms with Crippen molar-refractivity contribution >= 4 is 52.5 Å². The minimum absolute atomic E-state index is 0.0278. The molecule has 0 radical (unpaired) electrons. The summed E-state index contributed by atoms with van der Waals surface area (Å²) in [6.07, 6.45) is 4.16. The standard InChI is InChI=1S/C39H35FN10O5/c40-24-6-1-5-23(17-24)30-8-4-16-47(30)34-15-14-32-42-19-31(48(32)45-34)29-7-2-9-33(44-29)46-21-26(22-46)43-35(51)20-41-25-12-13-27-28(18-25)39(55)50(38(27)54)49-36(52)10-3-11-37(49)53/h1-2,5-7,9,12-15,17-19,26,30,41H,3-4,8,10-11,16,20-22H2,(H,43,51). The van der Waals surface area contributed by atoms with Gasteiger partial charge in [0.15, 0.2) is 5.65 Å². The number of fused-ring (bicyclic) bond motifs is 2. The maximum atomic E-state index is 14.1. The Morgan fingerprint density at radius 3 is 2.45 bits per heavy atom. The first kappa shape index (κ1) is 34.1. The monoisotopic (exact) mass is 742 g/mol. The fourth-order valence-corrected chi connectivity index (χ4v) is 7.74. The quantitative estimate of drug-likeness (QED) is 0.212. The number of hydrazine groups is 1. The van der Waals surface area contributed by atoms with E-state index in [2.05, 4.69) is 25.4 Å². The predicted molar refractivity (Wildman–Crippen MR) is 197 cm³/mol. The molecule has 4 aliphatic heterocycles. The van der Waals surface area contributed by atoms with Gasteiger partial charge in [0.25, 0.3) is 11.8 Å². The third-order valence-electron chi connectivity index (χ3n) is 10.5. The Hall–Kier alpha value is -6.71. The molecular formula is C39H35FN10O5. The van der Waals surface area contributed by atoms with Crippen molar-refractivity contribution in [2.75, 3.05) is 41.3 Å². The SMILES string of the molecule is O=C(CNc1ccc2c(c1)C(=O)N(N1C(=O)CCCC1=O)C2=O)NC1CN(c2cccc(-c3cnc4ccc(N5CCCC5c5cccc(F)c5)nn34)n2)C1. The normalized spacial score (nSPS) is 18.7. The second kappa shape index (κ2) is 13.6. The molecule has 0 bridgehead atoms. The van der Waals surface area contributed by atoms with Crippen molar-refractivity contribution in [1.29, 1.82) is 0 Å². The zero-order chi connectivity index (χ0) is 37.8. The zero-order valence-electron chi connectivity index (χ0n) is 29.5. The number of aromatic nitrogens is 4. The van der Waals surface area contributed by atoms with E-state index in [1.807, 2.05) is 36.4 Å². The average Bonchev–Trinajstić information content (AvgIpc) is 3.89. The number of rotatable bonds is 9. The third-order valence-corrected chi connectivity index (χ3v) is 10.5. The number of pyridine rings is 1. The van der Waals surface area contributed by atoms with Gasteiger partial charge in [-0.3, -0.25) is 24.0 Å². The second-order valence-electron chi connectivity index (χ2n) is 14.1. The Kier molecular flexibility index (Phi) is 8.43. The van der Waals surface area contributed by atoms with Crippen molar-refractivity contribution in [3.05, 3.63) is 102 Å². The molecular weight excluding hydrogens is 707 g/mol. The lowest BCUT2D eigenvalue weighted by Crippen LogP contribution is -2.60. The van der Waals surface area contributed by atoms with Crippen LogP contribution in [0.2, 0.25) is 0 Å². The second-order valence-corrected chi connectivity index (χ2v) is 14.1. The molecule has 9 rings (SSSR count). The number of amides is 5. The number of halogens is 1. The molecule has 0 saturated carbocycles. The van der Waals surface area contributed by atoms with E-state index in [0.717, 1.165) is 42.3 Å². The summed E-state index contributed by atoms with van der Waals surface area (Å²) in [5.74, 6) is -1.66. The van der Waals surface area contributed by atoms with Crippen LogP contribution in [0.15, 0.2) is 79.0 Å². The van der Waals surface area contributed by atoms with Crippen LogP contribution in [-0.4, -0.2) is 91.4 Å². The number of benzene rings is 2. The zero-order valence-corrected chi connectivity index (χ0v) is 29.5. The number of carbonyl (C=O) groups is 5. The van der Waals surface area contributed by atoms with Crippen LogP contribution in [0.25, 0.3) is 17.0 Å². The maximum absolute atomic E-state index is 14.1. The molecule has 278 valence electrons. The number of hydrogen-bond donors (Lipinski definition) is 2. The first-order chi connectivity index (χ1) is 26.7. The van der Waals surface area contributed by atoms with Crippen LogP contribution in [0.4, 0.5) is 21.7 Å². The van der Waals surface area contributed by atoms with Gasteiger partial charge in [0.1, 0.15) is 23.1 Å². The molecule has 3 saturated heterocycles. The molecule has 1 unspecified atom stereocenters. The van der Waals surface area contributed by atoms with Gasteiger partial charge in [0, 0.05) is 38.2 Å². The molecule has 0 aliphatic carbocycles. The van der Waals surface area contributed by atoms with Crippen molar-refractivity contribution < 1.29 is 28.4 Å². The topological polar surface area (TPSA) is 165 Å². The van der Waals surface area contributed by atoms with Crippen LogP contribution in [0.1, 0.15) is 64.4 Å². The number of anilines is 3. The summed E-state index contributed by atoms with van der Waals surface area (Å²) in [5.41, 5.74) is 3.60. The lowest BCUT2D eigenvalue weighted by atomic mass is 10.0. The highest BCUT2D eigenvalue weighted by molar-refractivity contribution is 6.23. The molecule has 55 heavy (non-hydrogen) atoms. The molecule has 3 aromatic heterocycles. The minimum atomic E-state index is -0.760. The lowest BCUT2D eigenvalue weighted by molar-refractivity contribution is -0.160. The lowest BCUT2D eigenvalue weighted by Gasteiger charge is -2.40. The molecule has 2 N–H and O–H groups in total. The minimum Gasteiger partial charge on any atom is -0.376 e. The Bertz CT molecular complexity index is 2400. The summed E-state index contributed by atoms with van der Waals surface area (Å²) in [6.45, 7) is 1.83. The van der Waals surface area contributed by atoms with Crippen molar-refractivity contribution in [3.8, 4) is 11.4 Å². The van der Waals surface area contributed by atoms with Crippen LogP contribution >= 0.6 is 0 Å². The first-order valence-corrected chi connectivity index (χ1v) is 18.2. The first-order valence-electron chi connectivity index (χ1n) is 18.2. The molecule has 5 aromatic rings. The Morgan fingerprint density at radius 2 is 1.64 bits per heavy atom. The van der Waals surface area contributed by atoms with E-state index in [4.69, 9.17) is 10.1 Å². The van der Waals surface area contributed by atoms with Gasteiger partial charge in [-0.15, -0.1) is 5.10 Å². The van der Waals surface area contributed by atoms with E-state index in [0.29, 0.717) is 46.6 Å². The van der Waals surface area contributed by atoms with Gasteiger partial charge in [-0.1, -0.05) is 18.2 Å². The van der Waals surface area contributed by atoms with Crippen molar-refractivity contribution in [1.82, 2.24) is 34.9 Å². The fourth-order valence-electron chi connectivity index (χ4n) is 7.74. The molecule has 7 heterocycles. The summed E-state index contributed by atoms with van der Waals surface area (Å²) < 4.78 is 15.8. The molecule has 2 aromatic carbocycles. The number of imide groups is 2. The Morgan fingerprint density at radius 1 is 0.836 bits per heavy atom. The molecule has 1 atom stereocenters. The summed E-state index contributed by atoms with van der Waals surface area (Å²) in [4.78, 5) is 77.4. The van der Waals surface area contributed by atoms with Crippen LogP contribution < -0.4 is 20.4 Å². The smallest absolute Gasteiger partial charge is 0.281 e. The number of imidazole rings is 1. The van der Waals surface area contributed by atoms with Crippen molar-refractivity contribution in [3.63, 3.8) is 0 Å². The number of carbonyl (C=O) groups excluding carboxylic acids is 5.